The predicted molar refractivity (Wildman–Crippen MR) is 82.0 cm³/mol. The molecule has 0 bridgehead atoms. The molecule has 5 N–H and O–H groups in total. The maximum absolute atomic E-state index is 11.2. The van der Waals surface area contributed by atoms with Gasteiger partial charge in [0.05, 0.1) is 6.42 Å². The van der Waals surface area contributed by atoms with Crippen LogP contribution in [0.25, 0.3) is 0 Å². The molecule has 0 aromatic heterocycles. The van der Waals surface area contributed by atoms with E-state index in [1.54, 1.807) is 6.08 Å². The largest absolute Gasteiger partial charge is 0.508 e. The van der Waals surface area contributed by atoms with Gasteiger partial charge in [-0.25, -0.2) is 0 Å². The number of carboxylic acids is 1. The van der Waals surface area contributed by atoms with E-state index >= 15 is 0 Å². The molecule has 0 spiro atoms. The van der Waals surface area contributed by atoms with Crippen molar-refractivity contribution in [3.05, 3.63) is 47.4 Å². The third-order valence-electron chi connectivity index (χ3n) is 4.51. The summed E-state index contributed by atoms with van der Waals surface area (Å²) in [5.74, 6) is -4.36. The van der Waals surface area contributed by atoms with Gasteiger partial charge in [-0.3, -0.25) is 4.79 Å². The molecule has 1 heterocycles. The van der Waals surface area contributed by atoms with Crippen molar-refractivity contribution in [1.29, 1.82) is 0 Å². The number of rotatable bonds is 3. The van der Waals surface area contributed by atoms with Gasteiger partial charge in [0.1, 0.15) is 11.5 Å². The average Bonchev–Trinajstić information content (AvgIpc) is 2.50. The molecule has 3 unspecified atom stereocenters. The van der Waals surface area contributed by atoms with Crippen LogP contribution in [0.5, 0.6) is 11.5 Å². The first-order valence-electron chi connectivity index (χ1n) is 7.56. The Morgan fingerprint density at radius 3 is 2.67 bits per heavy atom. The van der Waals surface area contributed by atoms with Gasteiger partial charge in [0, 0.05) is 23.5 Å². The lowest BCUT2D eigenvalue weighted by Crippen LogP contribution is -2.45. The van der Waals surface area contributed by atoms with Crippen LogP contribution < -0.4 is 0 Å². The quantitative estimate of drug-likeness (QED) is 0.536. The normalized spacial score (nSPS) is 29.0. The molecular weight excluding hydrogens is 316 g/mol. The number of ether oxygens (including phenoxy) is 1. The smallest absolute Gasteiger partial charge is 0.303 e. The molecule has 24 heavy (non-hydrogen) atoms. The first-order valence-corrected chi connectivity index (χ1v) is 7.56. The molecule has 0 saturated carbocycles. The van der Waals surface area contributed by atoms with E-state index in [-0.39, 0.29) is 29.4 Å². The minimum Gasteiger partial charge on any atom is -0.508 e. The second-order valence-corrected chi connectivity index (χ2v) is 6.14. The van der Waals surface area contributed by atoms with Crippen molar-refractivity contribution in [3.63, 3.8) is 0 Å². The number of hydrogen-bond donors (Lipinski definition) is 5. The van der Waals surface area contributed by atoms with E-state index in [0.717, 1.165) is 6.07 Å². The van der Waals surface area contributed by atoms with Crippen molar-refractivity contribution in [3.8, 4) is 11.5 Å². The molecule has 1 aliphatic heterocycles. The van der Waals surface area contributed by atoms with Crippen LogP contribution in [0.2, 0.25) is 0 Å². The number of aromatic hydroxyl groups is 2. The molecule has 7 nitrogen and oxygen atoms in total. The summed E-state index contributed by atoms with van der Waals surface area (Å²) in [7, 11) is 0. The number of carbonyl (C=O) groups is 1. The van der Waals surface area contributed by atoms with Crippen LogP contribution in [0.4, 0.5) is 0 Å². The van der Waals surface area contributed by atoms with Crippen LogP contribution in [0.1, 0.15) is 24.8 Å². The van der Waals surface area contributed by atoms with E-state index in [1.165, 1.54) is 18.2 Å². The van der Waals surface area contributed by atoms with Crippen molar-refractivity contribution >= 4 is 5.97 Å². The zero-order chi connectivity index (χ0) is 17.5. The van der Waals surface area contributed by atoms with Gasteiger partial charge in [-0.15, -0.1) is 0 Å². The van der Waals surface area contributed by atoms with Crippen LogP contribution in [0.15, 0.2) is 41.9 Å². The maximum Gasteiger partial charge on any atom is 0.303 e. The Morgan fingerprint density at radius 2 is 2.00 bits per heavy atom. The lowest BCUT2D eigenvalue weighted by atomic mass is 9.76. The SMILES string of the molecule is O=C(O)CC1CC2CC=C(O)C=C2OC1(O)c1ccc(O)c(O)c1. The fourth-order valence-corrected chi connectivity index (χ4v) is 3.27. The third kappa shape index (κ3) is 2.78. The van der Waals surface area contributed by atoms with Crippen molar-refractivity contribution < 1.29 is 35.1 Å². The molecule has 0 radical (unpaired) electrons. The van der Waals surface area contributed by atoms with Gasteiger partial charge < -0.3 is 30.3 Å². The number of hydrogen-bond acceptors (Lipinski definition) is 6. The zero-order valence-electron chi connectivity index (χ0n) is 12.7. The van der Waals surface area contributed by atoms with Gasteiger partial charge in [0.2, 0.25) is 5.79 Å². The van der Waals surface area contributed by atoms with E-state index in [1.807, 2.05) is 0 Å². The number of allylic oxidation sites excluding steroid dienone is 3. The van der Waals surface area contributed by atoms with Gasteiger partial charge in [-0.1, -0.05) is 0 Å². The van der Waals surface area contributed by atoms with Gasteiger partial charge >= 0.3 is 5.97 Å². The van der Waals surface area contributed by atoms with Crippen molar-refractivity contribution in [1.82, 2.24) is 0 Å². The van der Waals surface area contributed by atoms with Crippen LogP contribution in [-0.4, -0.2) is 31.5 Å². The van der Waals surface area contributed by atoms with E-state index in [9.17, 15) is 25.2 Å². The van der Waals surface area contributed by atoms with E-state index in [0.29, 0.717) is 18.6 Å². The number of phenols is 2. The Labute approximate surface area is 137 Å². The number of carboxylic acid groups (broad SMARTS) is 1. The Bertz CT molecular complexity index is 736. The highest BCUT2D eigenvalue weighted by molar-refractivity contribution is 5.67. The summed E-state index contributed by atoms with van der Waals surface area (Å²) in [6, 6.07) is 3.70. The van der Waals surface area contributed by atoms with E-state index in [2.05, 4.69) is 0 Å². The molecule has 1 fully saturated rings. The Morgan fingerprint density at radius 1 is 1.25 bits per heavy atom. The molecule has 3 atom stereocenters. The fourth-order valence-electron chi connectivity index (χ4n) is 3.27. The molecular formula is C17H18O7. The standard InChI is InChI=1S/C17H18O7/c18-12-3-1-9-5-11(7-16(21)22)17(23,24-15(9)8-12)10-2-4-13(19)14(20)6-10/h2-4,6,8-9,11,18-20,23H,1,5,7H2,(H,21,22). The highest BCUT2D eigenvalue weighted by Crippen LogP contribution is 2.49. The summed E-state index contributed by atoms with van der Waals surface area (Å²) in [5.41, 5.74) is 0.137. The minimum atomic E-state index is -1.98. The van der Waals surface area contributed by atoms with Crippen molar-refractivity contribution in [2.24, 2.45) is 11.8 Å². The molecule has 1 aromatic rings. The monoisotopic (exact) mass is 334 g/mol. The average molecular weight is 334 g/mol. The second kappa shape index (κ2) is 5.76. The van der Waals surface area contributed by atoms with Gasteiger partial charge in [0.25, 0.3) is 0 Å². The van der Waals surface area contributed by atoms with E-state index in [4.69, 9.17) is 9.84 Å². The first kappa shape index (κ1) is 16.2. The summed E-state index contributed by atoms with van der Waals surface area (Å²) in [6.07, 6.45) is 3.53. The summed E-state index contributed by atoms with van der Waals surface area (Å²) < 4.78 is 5.70. The molecule has 1 saturated heterocycles. The minimum absolute atomic E-state index is 0.0221. The van der Waals surface area contributed by atoms with Crippen LogP contribution in [0, 0.1) is 11.8 Å². The molecule has 3 rings (SSSR count). The lowest BCUT2D eigenvalue weighted by molar-refractivity contribution is -0.253. The maximum atomic E-state index is 11.2. The number of aliphatic hydroxyl groups is 2. The topological polar surface area (TPSA) is 127 Å². The second-order valence-electron chi connectivity index (χ2n) is 6.14. The highest BCUT2D eigenvalue weighted by Gasteiger charge is 2.49. The van der Waals surface area contributed by atoms with E-state index < -0.39 is 23.4 Å². The Kier molecular flexibility index (Phi) is 3.88. The van der Waals surface area contributed by atoms with Gasteiger partial charge in [0.15, 0.2) is 11.5 Å². The number of aliphatic carboxylic acids is 1. The lowest BCUT2D eigenvalue weighted by Gasteiger charge is -2.44. The Hall–Kier alpha value is -2.67. The summed E-state index contributed by atoms with van der Waals surface area (Å²) >= 11 is 0. The molecule has 0 amide bonds. The van der Waals surface area contributed by atoms with Crippen LogP contribution >= 0.6 is 0 Å². The summed E-state index contributed by atoms with van der Waals surface area (Å²) in [6.45, 7) is 0. The van der Waals surface area contributed by atoms with Gasteiger partial charge in [-0.05, 0) is 37.1 Å². The van der Waals surface area contributed by atoms with Crippen molar-refractivity contribution in [2.75, 3.05) is 0 Å². The summed E-state index contributed by atoms with van der Waals surface area (Å²) in [4.78, 5) is 11.2. The highest BCUT2D eigenvalue weighted by atomic mass is 16.6. The summed E-state index contributed by atoms with van der Waals surface area (Å²) in [5, 5.41) is 49.0. The number of benzene rings is 1. The van der Waals surface area contributed by atoms with Gasteiger partial charge in [-0.2, -0.15) is 0 Å². The zero-order valence-corrected chi connectivity index (χ0v) is 12.7. The Balaban J connectivity index is 2.03. The first-order chi connectivity index (χ1) is 11.3. The number of aliphatic hydroxyl groups excluding tert-OH is 1. The fraction of sp³-hybridized carbons (Fsp3) is 0.353. The number of phenolic OH excluding ortho intramolecular Hbond substituents is 2. The molecule has 128 valence electrons. The molecule has 7 heteroatoms. The molecule has 2 aliphatic rings. The number of fused-ring (bicyclic) bond motifs is 1. The van der Waals surface area contributed by atoms with Crippen molar-refractivity contribution in [2.45, 2.75) is 25.0 Å². The molecule has 1 aromatic carbocycles. The third-order valence-corrected chi connectivity index (χ3v) is 4.51. The van der Waals surface area contributed by atoms with Crippen LogP contribution in [0.3, 0.4) is 0 Å². The molecule has 1 aliphatic carbocycles. The van der Waals surface area contributed by atoms with Crippen LogP contribution in [-0.2, 0) is 15.3 Å². The predicted octanol–water partition coefficient (Wildman–Crippen LogP) is 2.10.